The molecule has 166 valence electrons. The number of amides is 1. The van der Waals surface area contributed by atoms with E-state index in [1.54, 1.807) is 31.0 Å². The largest absolute Gasteiger partial charge is 0.497 e. The number of methoxy groups -OCH3 is 1. The summed E-state index contributed by atoms with van der Waals surface area (Å²) in [6.07, 6.45) is 2.03. The zero-order chi connectivity index (χ0) is 22.9. The molecule has 5 rings (SSSR count). The highest BCUT2D eigenvalue weighted by atomic mass is 32.2. The zero-order valence-electron chi connectivity index (χ0n) is 18.0. The fraction of sp³-hybridized carbons (Fsp3) is 0.160. The van der Waals surface area contributed by atoms with E-state index in [9.17, 15) is 9.59 Å². The first-order chi connectivity index (χ1) is 16.1. The number of hydrogen-bond donors (Lipinski definition) is 0. The van der Waals surface area contributed by atoms with Gasteiger partial charge in [-0.25, -0.2) is 4.79 Å². The third-order valence-corrected chi connectivity index (χ3v) is 7.13. The molecular weight excluding hydrogens is 456 g/mol. The summed E-state index contributed by atoms with van der Waals surface area (Å²) < 4.78 is 13.8. The van der Waals surface area contributed by atoms with Gasteiger partial charge in [0.15, 0.2) is 4.80 Å². The number of fused-ring (bicyclic) bond motifs is 4. The van der Waals surface area contributed by atoms with E-state index in [-0.39, 0.29) is 5.56 Å². The average Bonchev–Trinajstić information content (AvgIpc) is 3.17. The number of benzene rings is 3. The maximum Gasteiger partial charge on any atom is 0.349 e. The van der Waals surface area contributed by atoms with Crippen molar-refractivity contribution in [3.05, 3.63) is 81.4 Å². The lowest BCUT2D eigenvalue weighted by Gasteiger charge is -2.05. The Labute approximate surface area is 197 Å². The molecular formula is C25H20N2O4S2. The Morgan fingerprint density at radius 2 is 1.97 bits per heavy atom. The molecule has 1 amide bonds. The second-order valence-corrected chi connectivity index (χ2v) is 9.42. The fourth-order valence-electron chi connectivity index (χ4n) is 3.83. The van der Waals surface area contributed by atoms with E-state index in [1.165, 1.54) is 11.3 Å². The summed E-state index contributed by atoms with van der Waals surface area (Å²) in [6, 6.07) is 18.8. The van der Waals surface area contributed by atoms with Crippen LogP contribution in [0.15, 0.2) is 74.9 Å². The molecule has 8 heteroatoms. The van der Waals surface area contributed by atoms with Gasteiger partial charge in [-0.05, 0) is 41.3 Å². The Morgan fingerprint density at radius 3 is 2.79 bits per heavy atom. The van der Waals surface area contributed by atoms with Crippen molar-refractivity contribution >= 4 is 61.0 Å². The second kappa shape index (κ2) is 8.88. The standard InChI is InChI=1S/C25H20N2O4S2/c1-30-16-8-10-22-20(13-16)27(11-12-32-2)25(33-22)26-23(28)19-14-18-17-6-4-3-5-15(17)7-9-21(18)31-24(19)29/h3-10,13-14H,11-12H2,1-2H3. The number of carbonyl (C=O) groups is 1. The predicted molar refractivity (Wildman–Crippen MR) is 135 cm³/mol. The van der Waals surface area contributed by atoms with E-state index in [0.717, 1.165) is 32.5 Å². The van der Waals surface area contributed by atoms with Crippen molar-refractivity contribution in [3.8, 4) is 5.75 Å². The molecule has 2 heterocycles. The number of thioether (sulfide) groups is 1. The monoisotopic (exact) mass is 476 g/mol. The van der Waals surface area contributed by atoms with Crippen molar-refractivity contribution < 1.29 is 13.9 Å². The molecule has 2 aromatic heterocycles. The van der Waals surface area contributed by atoms with Crippen molar-refractivity contribution in [2.75, 3.05) is 19.1 Å². The van der Waals surface area contributed by atoms with Gasteiger partial charge < -0.3 is 13.7 Å². The molecule has 0 aliphatic carbocycles. The maximum atomic E-state index is 13.2. The lowest BCUT2D eigenvalue weighted by molar-refractivity contribution is 0.0994. The molecule has 33 heavy (non-hydrogen) atoms. The number of rotatable bonds is 5. The van der Waals surface area contributed by atoms with Gasteiger partial charge >= 0.3 is 5.63 Å². The van der Waals surface area contributed by atoms with Gasteiger partial charge in [0.25, 0.3) is 5.91 Å². The molecule has 0 unspecified atom stereocenters. The van der Waals surface area contributed by atoms with E-state index in [0.29, 0.717) is 22.3 Å². The summed E-state index contributed by atoms with van der Waals surface area (Å²) in [4.78, 5) is 30.7. The molecule has 0 radical (unpaired) electrons. The molecule has 3 aromatic carbocycles. The molecule has 0 aliphatic rings. The van der Waals surface area contributed by atoms with Crippen LogP contribution in [0, 0.1) is 0 Å². The molecule has 0 fully saturated rings. The zero-order valence-corrected chi connectivity index (χ0v) is 19.7. The van der Waals surface area contributed by atoms with Crippen LogP contribution >= 0.6 is 23.1 Å². The van der Waals surface area contributed by atoms with E-state index in [4.69, 9.17) is 9.15 Å². The number of carbonyl (C=O) groups excluding carboxylic acids is 1. The topological polar surface area (TPSA) is 73.8 Å². The minimum absolute atomic E-state index is 0.0784. The number of hydrogen-bond acceptors (Lipinski definition) is 6. The Balaban J connectivity index is 1.68. The summed E-state index contributed by atoms with van der Waals surface area (Å²) >= 11 is 3.11. The van der Waals surface area contributed by atoms with Gasteiger partial charge in [-0.1, -0.05) is 41.7 Å². The summed E-state index contributed by atoms with van der Waals surface area (Å²) in [5, 5.41) is 2.63. The van der Waals surface area contributed by atoms with Gasteiger partial charge in [0.2, 0.25) is 0 Å². The molecule has 0 spiro atoms. The number of ether oxygens (including phenoxy) is 1. The Kier molecular flexibility index (Phi) is 5.78. The van der Waals surface area contributed by atoms with Crippen molar-refractivity contribution in [1.82, 2.24) is 4.57 Å². The molecule has 5 aromatic rings. The van der Waals surface area contributed by atoms with Gasteiger partial charge in [0.05, 0.1) is 17.3 Å². The molecule has 0 saturated heterocycles. The Bertz CT molecular complexity index is 1650. The van der Waals surface area contributed by atoms with Crippen LogP contribution in [0.1, 0.15) is 10.4 Å². The normalized spacial score (nSPS) is 12.1. The third kappa shape index (κ3) is 3.96. The van der Waals surface area contributed by atoms with Crippen LogP contribution in [-0.2, 0) is 6.54 Å². The fourth-order valence-corrected chi connectivity index (χ4v) is 5.23. The molecule has 0 saturated carbocycles. The Hall–Kier alpha value is -3.36. The van der Waals surface area contributed by atoms with Gasteiger partial charge in [-0.3, -0.25) is 4.79 Å². The first kappa shape index (κ1) is 21.5. The van der Waals surface area contributed by atoms with E-state index in [1.807, 2.05) is 59.4 Å². The van der Waals surface area contributed by atoms with Crippen LogP contribution < -0.4 is 15.2 Å². The van der Waals surface area contributed by atoms with Crippen LogP contribution in [0.3, 0.4) is 0 Å². The molecule has 0 bridgehead atoms. The van der Waals surface area contributed by atoms with Crippen molar-refractivity contribution in [2.24, 2.45) is 4.99 Å². The van der Waals surface area contributed by atoms with Crippen molar-refractivity contribution in [1.29, 1.82) is 0 Å². The maximum absolute atomic E-state index is 13.2. The smallest absolute Gasteiger partial charge is 0.349 e. The van der Waals surface area contributed by atoms with Crippen molar-refractivity contribution in [2.45, 2.75) is 6.54 Å². The highest BCUT2D eigenvalue weighted by molar-refractivity contribution is 7.98. The first-order valence-corrected chi connectivity index (χ1v) is 12.5. The van der Waals surface area contributed by atoms with Gasteiger partial charge in [0, 0.05) is 23.8 Å². The molecule has 0 atom stereocenters. The van der Waals surface area contributed by atoms with Crippen LogP contribution in [0.2, 0.25) is 0 Å². The van der Waals surface area contributed by atoms with Crippen LogP contribution in [-0.4, -0.2) is 29.6 Å². The molecule has 6 nitrogen and oxygen atoms in total. The van der Waals surface area contributed by atoms with E-state index >= 15 is 0 Å². The second-order valence-electron chi connectivity index (χ2n) is 7.43. The number of aryl methyl sites for hydroxylation is 1. The summed E-state index contributed by atoms with van der Waals surface area (Å²) in [6.45, 7) is 0.678. The van der Waals surface area contributed by atoms with Gasteiger partial charge in [-0.15, -0.1) is 0 Å². The van der Waals surface area contributed by atoms with E-state index < -0.39 is 11.5 Å². The minimum Gasteiger partial charge on any atom is -0.497 e. The van der Waals surface area contributed by atoms with Crippen LogP contribution in [0.5, 0.6) is 5.75 Å². The third-order valence-electron chi connectivity index (χ3n) is 5.48. The minimum atomic E-state index is -0.690. The number of thiazole rings is 1. The SMILES string of the molecule is COc1ccc2sc(=NC(=O)c3cc4c(ccc5ccccc54)oc3=O)n(CCSC)c2c1. The quantitative estimate of drug-likeness (QED) is 0.261. The lowest BCUT2D eigenvalue weighted by atomic mass is 10.0. The van der Waals surface area contributed by atoms with Gasteiger partial charge in [-0.2, -0.15) is 16.8 Å². The first-order valence-electron chi connectivity index (χ1n) is 10.3. The summed E-state index contributed by atoms with van der Waals surface area (Å²) in [7, 11) is 1.62. The summed E-state index contributed by atoms with van der Waals surface area (Å²) in [5.41, 5.74) is 0.617. The highest BCUT2D eigenvalue weighted by Crippen LogP contribution is 2.26. The summed E-state index contributed by atoms with van der Waals surface area (Å²) in [5.74, 6) is 0.974. The molecule has 0 N–H and O–H groups in total. The number of nitrogens with zero attached hydrogens (tertiary/aromatic N) is 2. The lowest BCUT2D eigenvalue weighted by Crippen LogP contribution is -2.20. The highest BCUT2D eigenvalue weighted by Gasteiger charge is 2.16. The van der Waals surface area contributed by atoms with Gasteiger partial charge in [0.1, 0.15) is 16.9 Å². The Morgan fingerprint density at radius 1 is 1.12 bits per heavy atom. The average molecular weight is 477 g/mol. The van der Waals surface area contributed by atoms with Crippen LogP contribution in [0.4, 0.5) is 0 Å². The number of aromatic nitrogens is 1. The van der Waals surface area contributed by atoms with Crippen LogP contribution in [0.25, 0.3) is 32.0 Å². The predicted octanol–water partition coefficient (Wildman–Crippen LogP) is 5.08. The van der Waals surface area contributed by atoms with Crippen molar-refractivity contribution in [3.63, 3.8) is 0 Å². The molecule has 0 aliphatic heterocycles. The van der Waals surface area contributed by atoms with E-state index in [2.05, 4.69) is 4.99 Å².